The Kier molecular flexibility index (Phi) is 4.49. The van der Waals surface area contributed by atoms with Crippen molar-refractivity contribution >= 4 is 5.91 Å². The number of amides is 1. The van der Waals surface area contributed by atoms with E-state index in [1.54, 1.807) is 34.1 Å². The molecule has 8 nitrogen and oxygen atoms in total. The molecule has 3 heterocycles. The van der Waals surface area contributed by atoms with Gasteiger partial charge < -0.3 is 9.64 Å². The zero-order chi connectivity index (χ0) is 18.8. The third-order valence-electron chi connectivity index (χ3n) is 4.28. The van der Waals surface area contributed by atoms with Crippen LogP contribution in [0.5, 0.6) is 5.75 Å². The van der Waals surface area contributed by atoms with Gasteiger partial charge in [-0.05, 0) is 31.2 Å². The van der Waals surface area contributed by atoms with E-state index in [4.69, 9.17) is 4.74 Å². The van der Waals surface area contributed by atoms with Crippen LogP contribution in [0.15, 0.2) is 42.9 Å². The Balaban J connectivity index is 1.30. The topological polar surface area (TPSA) is 86.0 Å². The molecule has 0 radical (unpaired) electrons. The van der Waals surface area contributed by atoms with E-state index in [2.05, 4.69) is 20.3 Å². The molecule has 27 heavy (non-hydrogen) atoms. The molecule has 1 amide bonds. The Morgan fingerprint density at radius 3 is 2.70 bits per heavy atom. The normalized spacial score (nSPS) is 14.1. The lowest BCUT2D eigenvalue weighted by Gasteiger charge is -2.38. The van der Waals surface area contributed by atoms with Crippen molar-refractivity contribution in [3.63, 3.8) is 0 Å². The summed E-state index contributed by atoms with van der Waals surface area (Å²) in [6.45, 7) is 3.13. The van der Waals surface area contributed by atoms with Crippen molar-refractivity contribution < 1.29 is 13.9 Å². The molecule has 4 rings (SSSR count). The first kappa shape index (κ1) is 17.1. The van der Waals surface area contributed by atoms with Crippen LogP contribution in [-0.2, 0) is 6.61 Å². The van der Waals surface area contributed by atoms with Crippen molar-refractivity contribution in [3.8, 4) is 5.75 Å². The summed E-state index contributed by atoms with van der Waals surface area (Å²) < 4.78 is 20.2. The van der Waals surface area contributed by atoms with Crippen molar-refractivity contribution in [2.75, 3.05) is 13.1 Å². The molecule has 138 valence electrons. The largest absolute Gasteiger partial charge is 0.487 e. The predicted octanol–water partition coefficient (Wildman–Crippen LogP) is 1.79. The Bertz CT molecular complexity index is 935. The van der Waals surface area contributed by atoms with Crippen LogP contribution in [0.2, 0.25) is 0 Å². The van der Waals surface area contributed by atoms with Gasteiger partial charge in [0.1, 0.15) is 29.6 Å². The number of aryl methyl sites for hydroxylation is 1. The number of nitrogens with zero attached hydrogens (tertiary/aromatic N) is 6. The average molecular weight is 368 g/mol. The summed E-state index contributed by atoms with van der Waals surface area (Å²) in [5.74, 6) is 0.110. The summed E-state index contributed by atoms with van der Waals surface area (Å²) in [7, 11) is 0. The molecule has 1 aliphatic heterocycles. The van der Waals surface area contributed by atoms with Gasteiger partial charge >= 0.3 is 0 Å². The van der Waals surface area contributed by atoms with Crippen LogP contribution in [-0.4, -0.2) is 48.9 Å². The summed E-state index contributed by atoms with van der Waals surface area (Å²) in [6, 6.07) is 5.86. The highest BCUT2D eigenvalue weighted by molar-refractivity contribution is 5.92. The van der Waals surface area contributed by atoms with Crippen molar-refractivity contribution in [1.29, 1.82) is 0 Å². The van der Waals surface area contributed by atoms with E-state index < -0.39 is 0 Å². The molecule has 2 aromatic heterocycles. The van der Waals surface area contributed by atoms with Gasteiger partial charge in [-0.2, -0.15) is 0 Å². The number of benzene rings is 1. The van der Waals surface area contributed by atoms with Crippen molar-refractivity contribution in [2.45, 2.75) is 19.6 Å². The Hall–Kier alpha value is -3.36. The quantitative estimate of drug-likeness (QED) is 0.683. The highest BCUT2D eigenvalue weighted by Crippen LogP contribution is 2.22. The minimum atomic E-state index is -0.311. The second-order valence-corrected chi connectivity index (χ2v) is 6.34. The lowest BCUT2D eigenvalue weighted by Crippen LogP contribution is -2.51. The number of carbonyl (C=O) groups excluding carboxylic acids is 1. The molecule has 0 atom stereocenters. The van der Waals surface area contributed by atoms with Crippen molar-refractivity contribution in [1.82, 2.24) is 29.9 Å². The number of ether oxygens (including phenoxy) is 1. The molecule has 0 unspecified atom stereocenters. The van der Waals surface area contributed by atoms with Gasteiger partial charge in [0, 0.05) is 19.3 Å². The number of rotatable bonds is 5. The SMILES string of the molecule is Cc1cnc(C(=O)N2CC(n3cc(COc4ccc(F)cc4)nn3)C2)cn1. The molecule has 9 heteroatoms. The zero-order valence-electron chi connectivity index (χ0n) is 14.6. The Labute approximate surface area is 154 Å². The number of hydrogen-bond donors (Lipinski definition) is 0. The van der Waals surface area contributed by atoms with E-state index in [0.717, 1.165) is 5.69 Å². The molecule has 1 fully saturated rings. The molecular formula is C18H17FN6O2. The van der Waals surface area contributed by atoms with Crippen LogP contribution in [0.3, 0.4) is 0 Å². The van der Waals surface area contributed by atoms with E-state index >= 15 is 0 Å². The first-order chi connectivity index (χ1) is 13.1. The molecule has 0 aliphatic carbocycles. The highest BCUT2D eigenvalue weighted by Gasteiger charge is 2.34. The molecular weight excluding hydrogens is 351 g/mol. The molecule has 1 aliphatic rings. The number of halogens is 1. The second kappa shape index (κ2) is 7.10. The fourth-order valence-corrected chi connectivity index (χ4v) is 2.70. The van der Waals surface area contributed by atoms with E-state index in [1.165, 1.54) is 18.3 Å². The van der Waals surface area contributed by atoms with Crippen molar-refractivity contribution in [3.05, 3.63) is 65.8 Å². The van der Waals surface area contributed by atoms with Crippen LogP contribution in [0.25, 0.3) is 0 Å². The summed E-state index contributed by atoms with van der Waals surface area (Å²) in [5, 5.41) is 8.18. The van der Waals surface area contributed by atoms with E-state index in [-0.39, 0.29) is 24.4 Å². The Morgan fingerprint density at radius 1 is 1.22 bits per heavy atom. The van der Waals surface area contributed by atoms with E-state index in [9.17, 15) is 9.18 Å². The average Bonchev–Trinajstić information content (AvgIpc) is 3.09. The van der Waals surface area contributed by atoms with Crippen LogP contribution in [0.1, 0.15) is 27.9 Å². The first-order valence-electron chi connectivity index (χ1n) is 8.45. The predicted molar refractivity (Wildman–Crippen MR) is 92.5 cm³/mol. The van der Waals surface area contributed by atoms with Crippen molar-refractivity contribution in [2.24, 2.45) is 0 Å². The van der Waals surface area contributed by atoms with Gasteiger partial charge in [0.05, 0.1) is 24.1 Å². The molecule has 3 aromatic rings. The lowest BCUT2D eigenvalue weighted by atomic mass is 10.1. The fraction of sp³-hybridized carbons (Fsp3) is 0.278. The molecule has 0 N–H and O–H groups in total. The van der Waals surface area contributed by atoms with Gasteiger partial charge in [-0.1, -0.05) is 5.21 Å². The minimum Gasteiger partial charge on any atom is -0.487 e. The van der Waals surface area contributed by atoms with Gasteiger partial charge in [-0.3, -0.25) is 9.78 Å². The van der Waals surface area contributed by atoms with Gasteiger partial charge in [-0.15, -0.1) is 5.10 Å². The van der Waals surface area contributed by atoms with E-state index in [0.29, 0.717) is 30.2 Å². The van der Waals surface area contributed by atoms with Crippen LogP contribution < -0.4 is 4.74 Å². The number of carbonyl (C=O) groups is 1. The van der Waals surface area contributed by atoms with Gasteiger partial charge in [-0.25, -0.2) is 14.1 Å². The highest BCUT2D eigenvalue weighted by atomic mass is 19.1. The fourth-order valence-electron chi connectivity index (χ4n) is 2.70. The van der Waals surface area contributed by atoms with E-state index in [1.807, 2.05) is 6.92 Å². The van der Waals surface area contributed by atoms with Crippen LogP contribution >= 0.6 is 0 Å². The molecule has 0 spiro atoms. The maximum atomic E-state index is 12.9. The third-order valence-corrected chi connectivity index (χ3v) is 4.28. The zero-order valence-corrected chi connectivity index (χ0v) is 14.6. The molecule has 1 saturated heterocycles. The van der Waals surface area contributed by atoms with Gasteiger partial charge in [0.15, 0.2) is 0 Å². The smallest absolute Gasteiger partial charge is 0.274 e. The summed E-state index contributed by atoms with van der Waals surface area (Å²) in [5.41, 5.74) is 1.77. The molecule has 1 aromatic carbocycles. The maximum absolute atomic E-state index is 12.9. The number of likely N-dealkylation sites (tertiary alicyclic amines) is 1. The summed E-state index contributed by atoms with van der Waals surface area (Å²) in [6.07, 6.45) is 4.86. The number of hydrogen-bond acceptors (Lipinski definition) is 6. The molecule has 0 bridgehead atoms. The standard InChI is InChI=1S/C18H17FN6O2/c1-12-6-21-17(7-20-12)18(26)24-9-15(10-24)25-8-14(22-23-25)11-27-16-4-2-13(19)3-5-16/h2-8,15H,9-11H2,1H3. The monoisotopic (exact) mass is 368 g/mol. The molecule has 0 saturated carbocycles. The third kappa shape index (κ3) is 3.76. The van der Waals surface area contributed by atoms with Gasteiger partial charge in [0.2, 0.25) is 0 Å². The number of aromatic nitrogens is 5. The summed E-state index contributed by atoms with van der Waals surface area (Å²) >= 11 is 0. The maximum Gasteiger partial charge on any atom is 0.274 e. The lowest BCUT2D eigenvalue weighted by molar-refractivity contribution is 0.0492. The van der Waals surface area contributed by atoms with Crippen LogP contribution in [0, 0.1) is 12.7 Å². The second-order valence-electron chi connectivity index (χ2n) is 6.34. The Morgan fingerprint density at radius 2 is 2.00 bits per heavy atom. The minimum absolute atomic E-state index is 0.0689. The first-order valence-corrected chi connectivity index (χ1v) is 8.45. The van der Waals surface area contributed by atoms with Crippen LogP contribution in [0.4, 0.5) is 4.39 Å². The van der Waals surface area contributed by atoms with Gasteiger partial charge in [0.25, 0.3) is 5.91 Å². The summed E-state index contributed by atoms with van der Waals surface area (Å²) in [4.78, 5) is 22.2.